The van der Waals surface area contributed by atoms with Crippen molar-refractivity contribution in [3.63, 3.8) is 0 Å². The van der Waals surface area contributed by atoms with Crippen molar-refractivity contribution in [1.82, 2.24) is 4.98 Å². The molecule has 92 valence electrons. The molecular weight excluding hydrogens is 232 g/mol. The molecule has 0 saturated carbocycles. The van der Waals surface area contributed by atoms with Crippen LogP contribution in [0.1, 0.15) is 29.3 Å². The summed E-state index contributed by atoms with van der Waals surface area (Å²) in [6.07, 6.45) is 6.08. The number of aromatic nitrogens is 1. The van der Waals surface area contributed by atoms with Crippen molar-refractivity contribution < 1.29 is 0 Å². The lowest BCUT2D eigenvalue weighted by Gasteiger charge is -2.17. The molecule has 0 amide bonds. The maximum Gasteiger partial charge on any atom is 0.0712 e. The third-order valence-corrected chi connectivity index (χ3v) is 3.90. The third kappa shape index (κ3) is 1.49. The van der Waals surface area contributed by atoms with Crippen molar-refractivity contribution in [2.75, 3.05) is 0 Å². The van der Waals surface area contributed by atoms with Crippen LogP contribution in [-0.2, 0) is 12.8 Å². The van der Waals surface area contributed by atoms with Gasteiger partial charge < -0.3 is 0 Å². The summed E-state index contributed by atoms with van der Waals surface area (Å²) in [5.41, 5.74) is 8.68. The molecule has 0 unspecified atom stereocenters. The Kier molecular flexibility index (Phi) is 2.18. The number of para-hydroxylation sites is 1. The molecular formula is C17H14N2. The molecule has 19 heavy (non-hydrogen) atoms. The number of allylic oxidation sites excluding steroid dienone is 1. The van der Waals surface area contributed by atoms with Crippen molar-refractivity contribution in [2.24, 2.45) is 4.99 Å². The van der Waals surface area contributed by atoms with Crippen LogP contribution in [0.4, 0.5) is 5.69 Å². The largest absolute Gasteiger partial charge is 0.261 e. The molecule has 0 radical (unpaired) electrons. The molecule has 0 saturated heterocycles. The predicted molar refractivity (Wildman–Crippen MR) is 78.7 cm³/mol. The molecule has 0 fully saturated rings. The normalized spacial score (nSPS) is 15.2. The van der Waals surface area contributed by atoms with Crippen LogP contribution in [0.3, 0.4) is 0 Å². The van der Waals surface area contributed by atoms with Crippen LogP contribution in [0.25, 0.3) is 11.6 Å². The van der Waals surface area contributed by atoms with E-state index in [1.807, 2.05) is 12.3 Å². The minimum absolute atomic E-state index is 0.922. The van der Waals surface area contributed by atoms with Gasteiger partial charge in [0.25, 0.3) is 0 Å². The van der Waals surface area contributed by atoms with E-state index in [0.29, 0.717) is 0 Å². The first-order valence-corrected chi connectivity index (χ1v) is 6.72. The molecule has 2 aliphatic rings. The molecule has 0 N–H and O–H groups in total. The fourth-order valence-electron chi connectivity index (χ4n) is 2.95. The second kappa shape index (κ2) is 3.89. The summed E-state index contributed by atoms with van der Waals surface area (Å²) in [6.45, 7) is 2.16. The summed E-state index contributed by atoms with van der Waals surface area (Å²) in [7, 11) is 0. The molecule has 1 aliphatic carbocycles. The molecule has 1 aromatic carbocycles. The molecule has 1 aliphatic heterocycles. The van der Waals surface area contributed by atoms with Crippen LogP contribution in [0.5, 0.6) is 0 Å². The molecule has 1 aromatic heterocycles. The van der Waals surface area contributed by atoms with Crippen molar-refractivity contribution in [3.8, 4) is 0 Å². The van der Waals surface area contributed by atoms with Crippen LogP contribution in [0.2, 0.25) is 0 Å². The van der Waals surface area contributed by atoms with E-state index in [4.69, 9.17) is 4.99 Å². The summed E-state index contributed by atoms with van der Waals surface area (Å²) >= 11 is 0. The standard InChI is InChI=1S/C17H14N2/c1-2-15-13-10-14-12-5-3-4-6-16(12)19-17(14)9-11(13)7-8-18-15/h3-8,10H,2,9H2,1H3. The Balaban J connectivity index is 1.96. The Labute approximate surface area is 112 Å². The topological polar surface area (TPSA) is 25.2 Å². The zero-order valence-corrected chi connectivity index (χ0v) is 10.9. The van der Waals surface area contributed by atoms with E-state index in [-0.39, 0.29) is 0 Å². The minimum Gasteiger partial charge on any atom is -0.261 e. The van der Waals surface area contributed by atoms with Crippen molar-refractivity contribution in [3.05, 3.63) is 58.9 Å². The highest BCUT2D eigenvalue weighted by Crippen LogP contribution is 2.40. The van der Waals surface area contributed by atoms with Gasteiger partial charge in [0.1, 0.15) is 0 Å². The van der Waals surface area contributed by atoms with Gasteiger partial charge in [0, 0.05) is 35.0 Å². The summed E-state index contributed by atoms with van der Waals surface area (Å²) in [5.74, 6) is 0. The molecule has 2 nitrogen and oxygen atoms in total. The highest BCUT2D eigenvalue weighted by Gasteiger charge is 2.25. The van der Waals surface area contributed by atoms with E-state index in [1.54, 1.807) is 0 Å². The molecule has 0 atom stereocenters. The molecule has 0 spiro atoms. The highest BCUT2D eigenvalue weighted by atomic mass is 14.8. The first-order valence-electron chi connectivity index (χ1n) is 6.72. The lowest BCUT2D eigenvalue weighted by Crippen LogP contribution is -2.11. The Morgan fingerprint density at radius 1 is 1.16 bits per heavy atom. The van der Waals surface area contributed by atoms with E-state index in [9.17, 15) is 0 Å². The summed E-state index contributed by atoms with van der Waals surface area (Å²) in [6, 6.07) is 10.5. The quantitative estimate of drug-likeness (QED) is 0.750. The number of hydrogen-bond donors (Lipinski definition) is 0. The fraction of sp³-hybridized carbons (Fsp3) is 0.176. The number of pyridine rings is 1. The van der Waals surface area contributed by atoms with Gasteiger partial charge in [0.2, 0.25) is 0 Å². The van der Waals surface area contributed by atoms with Gasteiger partial charge in [-0.3, -0.25) is 9.98 Å². The first kappa shape index (κ1) is 10.7. The lowest BCUT2D eigenvalue weighted by atomic mass is 9.87. The van der Waals surface area contributed by atoms with Crippen LogP contribution < -0.4 is 0 Å². The van der Waals surface area contributed by atoms with Crippen molar-refractivity contribution in [1.29, 1.82) is 0 Å². The molecule has 4 rings (SSSR count). The summed E-state index contributed by atoms with van der Waals surface area (Å²) < 4.78 is 0. The minimum atomic E-state index is 0.922. The van der Waals surface area contributed by atoms with Gasteiger partial charge in [0.15, 0.2) is 0 Å². The average molecular weight is 246 g/mol. The Morgan fingerprint density at radius 3 is 2.95 bits per heavy atom. The van der Waals surface area contributed by atoms with Gasteiger partial charge in [-0.15, -0.1) is 0 Å². The highest BCUT2D eigenvalue weighted by molar-refractivity contribution is 6.34. The van der Waals surface area contributed by atoms with E-state index < -0.39 is 0 Å². The monoisotopic (exact) mass is 246 g/mol. The number of aryl methyl sites for hydroxylation is 1. The number of fused-ring (bicyclic) bond motifs is 4. The third-order valence-electron chi connectivity index (χ3n) is 3.90. The first-order chi connectivity index (χ1) is 9.36. The molecule has 0 bridgehead atoms. The van der Waals surface area contributed by atoms with Gasteiger partial charge in [-0.2, -0.15) is 0 Å². The number of benzene rings is 1. The number of aliphatic imine (C=N–C) groups is 1. The Morgan fingerprint density at radius 2 is 2.05 bits per heavy atom. The zero-order chi connectivity index (χ0) is 12.8. The maximum absolute atomic E-state index is 4.76. The summed E-state index contributed by atoms with van der Waals surface area (Å²) in [4.78, 5) is 9.25. The van der Waals surface area contributed by atoms with Gasteiger partial charge in [-0.25, -0.2) is 0 Å². The Bertz CT molecular complexity index is 739. The number of hydrogen-bond acceptors (Lipinski definition) is 2. The smallest absolute Gasteiger partial charge is 0.0712 e. The maximum atomic E-state index is 4.76. The zero-order valence-electron chi connectivity index (χ0n) is 10.9. The van der Waals surface area contributed by atoms with Crippen LogP contribution >= 0.6 is 0 Å². The van der Waals surface area contributed by atoms with E-state index in [2.05, 4.69) is 42.2 Å². The van der Waals surface area contributed by atoms with E-state index in [1.165, 1.54) is 33.7 Å². The summed E-state index contributed by atoms with van der Waals surface area (Å²) in [5, 5.41) is 0. The average Bonchev–Trinajstić information content (AvgIpc) is 2.82. The van der Waals surface area contributed by atoms with Gasteiger partial charge in [-0.05, 0) is 30.2 Å². The number of rotatable bonds is 1. The fourth-order valence-corrected chi connectivity index (χ4v) is 2.95. The van der Waals surface area contributed by atoms with Crippen molar-refractivity contribution >= 4 is 23.0 Å². The Hall–Kier alpha value is -2.22. The SMILES string of the molecule is CCc1nccc2c1C=C1C(=Nc3ccccc31)C2. The van der Waals surface area contributed by atoms with Crippen LogP contribution in [-0.4, -0.2) is 10.7 Å². The molecule has 2 heteroatoms. The van der Waals surface area contributed by atoms with Gasteiger partial charge in [0.05, 0.1) is 11.4 Å². The lowest BCUT2D eigenvalue weighted by molar-refractivity contribution is 1.01. The van der Waals surface area contributed by atoms with Crippen LogP contribution in [0, 0.1) is 0 Å². The molecule has 2 heterocycles. The molecule has 2 aromatic rings. The van der Waals surface area contributed by atoms with Gasteiger partial charge >= 0.3 is 0 Å². The van der Waals surface area contributed by atoms with Gasteiger partial charge in [-0.1, -0.05) is 25.1 Å². The second-order valence-electron chi connectivity index (χ2n) is 4.99. The number of nitrogens with zero attached hydrogens (tertiary/aromatic N) is 2. The van der Waals surface area contributed by atoms with E-state index >= 15 is 0 Å². The van der Waals surface area contributed by atoms with Crippen LogP contribution in [0.15, 0.2) is 41.5 Å². The predicted octanol–water partition coefficient (Wildman–Crippen LogP) is 3.83. The van der Waals surface area contributed by atoms with Crippen molar-refractivity contribution in [2.45, 2.75) is 19.8 Å². The second-order valence-corrected chi connectivity index (χ2v) is 4.99. The van der Waals surface area contributed by atoms with E-state index in [0.717, 1.165) is 18.5 Å².